The molecule has 0 unspecified atom stereocenters. The molecule has 0 aliphatic rings. The van der Waals surface area contributed by atoms with Crippen LogP contribution in [0.25, 0.3) is 0 Å². The number of benzene rings is 2. The Labute approximate surface area is 193 Å². The Bertz CT molecular complexity index is 894. The molecule has 0 saturated carbocycles. The van der Waals surface area contributed by atoms with Gasteiger partial charge in [0, 0.05) is 5.41 Å². The predicted octanol–water partition coefficient (Wildman–Crippen LogP) is 9.20. The smallest absolute Gasteiger partial charge is 0.0155 e. The Balaban J connectivity index is 2.97. The molecule has 0 radical (unpaired) electrons. The Morgan fingerprint density at radius 1 is 0.419 bits per heavy atom. The van der Waals surface area contributed by atoms with Gasteiger partial charge in [0.25, 0.3) is 0 Å². The van der Waals surface area contributed by atoms with Crippen LogP contribution in [0.2, 0.25) is 0 Å². The first kappa shape index (κ1) is 25.7. The molecular formula is C31H48. The highest BCUT2D eigenvalue weighted by molar-refractivity contribution is 5.55. The molecule has 0 atom stereocenters. The van der Waals surface area contributed by atoms with Gasteiger partial charge in [0.05, 0.1) is 0 Å². The largest absolute Gasteiger partial charge is 0.0617 e. The fraction of sp³-hybridized carbons (Fsp3) is 0.613. The van der Waals surface area contributed by atoms with Gasteiger partial charge in [-0.15, -0.1) is 0 Å². The first-order valence-electron chi connectivity index (χ1n) is 12.0. The standard InChI is InChI=1S/C31H48/c1-27(2,3)21-18-19-22(25(20-21)30(10,11)12)31(13,14)26-23(28(4,5)6)16-15-17-24(26)29(7,8)9/h15-20H,1-14H3. The normalized spacial score (nSPS) is 14.1. The van der Waals surface area contributed by atoms with Crippen LogP contribution < -0.4 is 0 Å². The average molecular weight is 421 g/mol. The maximum Gasteiger partial charge on any atom is 0.0155 e. The van der Waals surface area contributed by atoms with Crippen LogP contribution in [0.5, 0.6) is 0 Å². The van der Waals surface area contributed by atoms with E-state index in [9.17, 15) is 0 Å². The van der Waals surface area contributed by atoms with Crippen molar-refractivity contribution < 1.29 is 0 Å². The van der Waals surface area contributed by atoms with Crippen molar-refractivity contribution >= 4 is 0 Å². The second-order valence-electron chi connectivity index (χ2n) is 14.1. The number of hydrogen-bond acceptors (Lipinski definition) is 0. The third kappa shape index (κ3) is 5.27. The zero-order valence-electron chi connectivity index (χ0n) is 23.0. The molecule has 0 amide bonds. The summed E-state index contributed by atoms with van der Waals surface area (Å²) in [6.45, 7) is 33.0. The van der Waals surface area contributed by atoms with Crippen molar-refractivity contribution in [1.82, 2.24) is 0 Å². The van der Waals surface area contributed by atoms with E-state index in [4.69, 9.17) is 0 Å². The minimum Gasteiger partial charge on any atom is -0.0617 e. The molecule has 0 aliphatic carbocycles. The van der Waals surface area contributed by atoms with Gasteiger partial charge in [-0.1, -0.05) is 133 Å². The van der Waals surface area contributed by atoms with E-state index in [1.807, 2.05) is 0 Å². The lowest BCUT2D eigenvalue weighted by molar-refractivity contribution is 0.500. The van der Waals surface area contributed by atoms with Crippen molar-refractivity contribution in [2.75, 3.05) is 0 Å². The fourth-order valence-corrected chi connectivity index (χ4v) is 4.79. The molecular weight excluding hydrogens is 372 g/mol. The average Bonchev–Trinajstić information content (AvgIpc) is 2.57. The van der Waals surface area contributed by atoms with Crippen LogP contribution in [0, 0.1) is 0 Å². The van der Waals surface area contributed by atoms with E-state index in [0.29, 0.717) is 0 Å². The minimum atomic E-state index is -0.106. The maximum absolute atomic E-state index is 2.48. The van der Waals surface area contributed by atoms with Crippen LogP contribution in [0.4, 0.5) is 0 Å². The van der Waals surface area contributed by atoms with E-state index in [2.05, 4.69) is 133 Å². The summed E-state index contributed by atoms with van der Waals surface area (Å²) in [5, 5.41) is 0. The molecule has 2 aromatic rings. The van der Waals surface area contributed by atoms with Crippen molar-refractivity contribution in [2.24, 2.45) is 0 Å². The fourth-order valence-electron chi connectivity index (χ4n) is 4.79. The highest BCUT2D eigenvalue weighted by atomic mass is 14.4. The van der Waals surface area contributed by atoms with E-state index < -0.39 is 0 Å². The van der Waals surface area contributed by atoms with Gasteiger partial charge < -0.3 is 0 Å². The molecule has 31 heavy (non-hydrogen) atoms. The molecule has 0 spiro atoms. The van der Waals surface area contributed by atoms with E-state index in [1.54, 1.807) is 0 Å². The van der Waals surface area contributed by atoms with Gasteiger partial charge >= 0.3 is 0 Å². The van der Waals surface area contributed by atoms with Crippen molar-refractivity contribution in [2.45, 2.75) is 124 Å². The van der Waals surface area contributed by atoms with Gasteiger partial charge in [-0.2, -0.15) is 0 Å². The number of hydrogen-bond donors (Lipinski definition) is 0. The molecule has 0 bridgehead atoms. The zero-order chi connectivity index (χ0) is 24.2. The molecule has 2 aromatic carbocycles. The summed E-state index contributed by atoms with van der Waals surface area (Å²) in [7, 11) is 0. The highest BCUT2D eigenvalue weighted by Gasteiger charge is 2.38. The van der Waals surface area contributed by atoms with E-state index in [1.165, 1.54) is 33.4 Å². The third-order valence-electron chi connectivity index (χ3n) is 6.67. The van der Waals surface area contributed by atoms with E-state index in [-0.39, 0.29) is 27.1 Å². The van der Waals surface area contributed by atoms with Gasteiger partial charge in [-0.05, 0) is 55.0 Å². The molecule has 172 valence electrons. The Morgan fingerprint density at radius 3 is 1.19 bits per heavy atom. The summed E-state index contributed by atoms with van der Waals surface area (Å²) in [5.74, 6) is 0. The zero-order valence-corrected chi connectivity index (χ0v) is 23.0. The molecule has 2 rings (SSSR count). The molecule has 0 N–H and O–H groups in total. The second kappa shape index (κ2) is 7.79. The van der Waals surface area contributed by atoms with Crippen LogP contribution >= 0.6 is 0 Å². The maximum atomic E-state index is 2.48. The molecule has 0 heteroatoms. The summed E-state index contributed by atoms with van der Waals surface area (Å²) < 4.78 is 0. The minimum absolute atomic E-state index is 0.0758. The van der Waals surface area contributed by atoms with Gasteiger partial charge in [0.2, 0.25) is 0 Å². The van der Waals surface area contributed by atoms with Crippen molar-refractivity contribution in [3.63, 3.8) is 0 Å². The Morgan fingerprint density at radius 2 is 0.839 bits per heavy atom. The monoisotopic (exact) mass is 420 g/mol. The molecule has 0 nitrogen and oxygen atoms in total. The first-order valence-corrected chi connectivity index (χ1v) is 12.0. The van der Waals surface area contributed by atoms with Gasteiger partial charge in [0.15, 0.2) is 0 Å². The first-order chi connectivity index (χ1) is 13.7. The van der Waals surface area contributed by atoms with Crippen LogP contribution in [0.3, 0.4) is 0 Å². The molecule has 0 aliphatic heterocycles. The van der Waals surface area contributed by atoms with Crippen molar-refractivity contribution in [3.05, 3.63) is 69.8 Å². The molecule has 0 heterocycles. The SMILES string of the molecule is CC(C)(C)c1ccc(C(C)(C)c2c(C(C)(C)C)cccc2C(C)(C)C)c(C(C)(C)C)c1. The lowest BCUT2D eigenvalue weighted by atomic mass is 9.63. The summed E-state index contributed by atoms with van der Waals surface area (Å²) in [6.07, 6.45) is 0. The summed E-state index contributed by atoms with van der Waals surface area (Å²) >= 11 is 0. The summed E-state index contributed by atoms with van der Waals surface area (Å²) in [5.41, 5.74) is 9.04. The molecule has 0 fully saturated rings. The van der Waals surface area contributed by atoms with Crippen molar-refractivity contribution in [3.8, 4) is 0 Å². The van der Waals surface area contributed by atoms with E-state index >= 15 is 0 Å². The van der Waals surface area contributed by atoms with Crippen LogP contribution in [0.1, 0.15) is 130 Å². The lowest BCUT2D eigenvalue weighted by Crippen LogP contribution is -2.33. The highest BCUT2D eigenvalue weighted by Crippen LogP contribution is 2.46. The quantitative estimate of drug-likeness (QED) is 0.454. The van der Waals surface area contributed by atoms with Gasteiger partial charge in [0.1, 0.15) is 0 Å². The Kier molecular flexibility index (Phi) is 6.46. The van der Waals surface area contributed by atoms with Gasteiger partial charge in [-0.25, -0.2) is 0 Å². The van der Waals surface area contributed by atoms with Crippen molar-refractivity contribution in [1.29, 1.82) is 0 Å². The van der Waals surface area contributed by atoms with Crippen LogP contribution in [-0.4, -0.2) is 0 Å². The predicted molar refractivity (Wildman–Crippen MR) is 140 cm³/mol. The molecule has 0 aromatic heterocycles. The van der Waals surface area contributed by atoms with E-state index in [0.717, 1.165) is 0 Å². The van der Waals surface area contributed by atoms with Gasteiger partial charge in [-0.3, -0.25) is 0 Å². The van der Waals surface area contributed by atoms with Crippen LogP contribution in [-0.2, 0) is 27.1 Å². The number of rotatable bonds is 2. The molecule has 0 saturated heterocycles. The topological polar surface area (TPSA) is 0 Å². The summed E-state index contributed by atoms with van der Waals surface area (Å²) in [6, 6.07) is 14.2. The second-order valence-corrected chi connectivity index (χ2v) is 14.1. The Hall–Kier alpha value is -1.56. The lowest BCUT2D eigenvalue weighted by Gasteiger charge is -2.41. The summed E-state index contributed by atoms with van der Waals surface area (Å²) in [4.78, 5) is 0. The third-order valence-corrected chi connectivity index (χ3v) is 6.67. The van der Waals surface area contributed by atoms with Crippen LogP contribution in [0.15, 0.2) is 36.4 Å².